The lowest BCUT2D eigenvalue weighted by atomic mass is 9.99. The SMILES string of the molecule is [C-]#[N+]c1ccc(N2C(=O)[C@@H]3C4CCC(C4)N3C2=O)cc1C(F)(F)F. The first-order valence-corrected chi connectivity index (χ1v) is 7.58. The van der Waals surface area contributed by atoms with Gasteiger partial charge in [-0.2, -0.15) is 13.2 Å². The van der Waals surface area contributed by atoms with Crippen molar-refractivity contribution in [2.24, 2.45) is 5.92 Å². The van der Waals surface area contributed by atoms with Crippen LogP contribution in [0.15, 0.2) is 18.2 Å². The molecule has 1 saturated carbocycles. The van der Waals surface area contributed by atoms with Gasteiger partial charge in [-0.05, 0) is 37.3 Å². The Morgan fingerprint density at radius 1 is 1.21 bits per heavy atom. The van der Waals surface area contributed by atoms with Gasteiger partial charge in [-0.1, -0.05) is 6.07 Å². The molecule has 124 valence electrons. The maximum Gasteiger partial charge on any atom is 0.407 e. The molecule has 1 aliphatic carbocycles. The number of hydrogen-bond donors (Lipinski definition) is 0. The molecule has 2 saturated heterocycles. The number of carbonyl (C=O) groups excluding carboxylic acids is 2. The molecule has 4 rings (SSSR count). The van der Waals surface area contributed by atoms with Crippen LogP contribution in [0.4, 0.5) is 29.3 Å². The molecule has 2 heterocycles. The molecule has 8 heteroatoms. The number of urea groups is 1. The zero-order chi connectivity index (χ0) is 17.2. The van der Waals surface area contributed by atoms with Gasteiger partial charge in [0.25, 0.3) is 5.91 Å². The first kappa shape index (κ1) is 15.0. The summed E-state index contributed by atoms with van der Waals surface area (Å²) in [5, 5.41) is 0. The molecule has 2 bridgehead atoms. The topological polar surface area (TPSA) is 45.0 Å². The van der Waals surface area contributed by atoms with E-state index in [2.05, 4.69) is 4.85 Å². The highest BCUT2D eigenvalue weighted by Gasteiger charge is 2.59. The molecule has 0 aromatic heterocycles. The first-order valence-electron chi connectivity index (χ1n) is 7.58. The van der Waals surface area contributed by atoms with Crippen LogP contribution in [0.25, 0.3) is 4.85 Å². The number of carbonyl (C=O) groups is 2. The second-order valence-electron chi connectivity index (χ2n) is 6.35. The van der Waals surface area contributed by atoms with Crippen LogP contribution in [0, 0.1) is 12.5 Å². The maximum absolute atomic E-state index is 13.1. The average Bonchev–Trinajstić information content (AvgIpc) is 3.20. The molecule has 2 aliphatic heterocycles. The van der Waals surface area contributed by atoms with E-state index >= 15 is 0 Å². The minimum Gasteiger partial charge on any atom is -0.309 e. The number of halogens is 3. The number of hydrogen-bond acceptors (Lipinski definition) is 2. The summed E-state index contributed by atoms with van der Waals surface area (Å²) >= 11 is 0. The number of anilines is 1. The largest absolute Gasteiger partial charge is 0.407 e. The zero-order valence-electron chi connectivity index (χ0n) is 12.4. The van der Waals surface area contributed by atoms with Crippen molar-refractivity contribution in [3.8, 4) is 0 Å². The monoisotopic (exact) mass is 335 g/mol. The Morgan fingerprint density at radius 3 is 2.58 bits per heavy atom. The molecule has 3 atom stereocenters. The molecule has 0 spiro atoms. The lowest BCUT2D eigenvalue weighted by Gasteiger charge is -2.25. The summed E-state index contributed by atoms with van der Waals surface area (Å²) < 4.78 is 39.4. The number of rotatable bonds is 1. The van der Waals surface area contributed by atoms with E-state index in [0.717, 1.165) is 30.2 Å². The molecule has 24 heavy (non-hydrogen) atoms. The van der Waals surface area contributed by atoms with E-state index in [1.54, 1.807) is 0 Å². The van der Waals surface area contributed by atoms with Gasteiger partial charge in [0.1, 0.15) is 6.04 Å². The van der Waals surface area contributed by atoms with Crippen LogP contribution in [0.1, 0.15) is 24.8 Å². The molecule has 3 aliphatic rings. The van der Waals surface area contributed by atoms with Crippen LogP contribution < -0.4 is 4.90 Å². The van der Waals surface area contributed by atoms with Gasteiger partial charge in [0.05, 0.1) is 17.8 Å². The Labute approximate surface area is 135 Å². The van der Waals surface area contributed by atoms with Gasteiger partial charge < -0.3 is 4.90 Å². The predicted molar refractivity (Wildman–Crippen MR) is 77.3 cm³/mol. The van der Waals surface area contributed by atoms with E-state index in [1.807, 2.05) is 0 Å². The molecule has 1 aromatic carbocycles. The number of imide groups is 1. The minimum absolute atomic E-state index is 0.00560. The minimum atomic E-state index is -4.73. The summed E-state index contributed by atoms with van der Waals surface area (Å²) in [5.41, 5.74) is -1.81. The van der Waals surface area contributed by atoms with Crippen molar-refractivity contribution in [2.75, 3.05) is 4.90 Å². The molecular weight excluding hydrogens is 323 g/mol. The van der Waals surface area contributed by atoms with E-state index in [4.69, 9.17) is 6.57 Å². The number of benzene rings is 1. The third kappa shape index (κ3) is 1.87. The number of alkyl halides is 3. The molecule has 1 aromatic rings. The molecule has 2 unspecified atom stereocenters. The van der Waals surface area contributed by atoms with Crippen molar-refractivity contribution in [3.05, 3.63) is 35.2 Å². The molecule has 0 N–H and O–H groups in total. The summed E-state index contributed by atoms with van der Waals surface area (Å²) in [4.78, 5) is 30.4. The molecule has 0 radical (unpaired) electrons. The summed E-state index contributed by atoms with van der Waals surface area (Å²) in [5.74, 6) is -0.364. The number of amides is 3. The number of fused-ring (bicyclic) bond motifs is 5. The standard InChI is InChI=1S/C16H12F3N3O2/c1-20-12-5-4-10(7-11(12)16(17,18)19)22-14(23)13-8-2-3-9(6-8)21(13)15(22)24/h4-5,7-9,13H,2-3,6H2/t8?,9?,13-/m0/s1. The van der Waals surface area contributed by atoms with Gasteiger partial charge in [0.2, 0.25) is 0 Å². The highest BCUT2D eigenvalue weighted by Crippen LogP contribution is 2.48. The Bertz CT molecular complexity index is 771. The van der Waals surface area contributed by atoms with Gasteiger partial charge in [-0.15, -0.1) is 0 Å². The zero-order valence-corrected chi connectivity index (χ0v) is 12.4. The third-order valence-electron chi connectivity index (χ3n) is 5.13. The van der Waals surface area contributed by atoms with Gasteiger partial charge in [-0.3, -0.25) is 4.79 Å². The Morgan fingerprint density at radius 2 is 1.96 bits per heavy atom. The highest BCUT2D eigenvalue weighted by molar-refractivity contribution is 6.22. The second-order valence-corrected chi connectivity index (χ2v) is 6.35. The summed E-state index contributed by atoms with van der Waals surface area (Å²) in [6.45, 7) is 6.86. The van der Waals surface area contributed by atoms with E-state index < -0.39 is 35.4 Å². The van der Waals surface area contributed by atoms with Crippen molar-refractivity contribution in [2.45, 2.75) is 37.5 Å². The Hall–Kier alpha value is -2.56. The van der Waals surface area contributed by atoms with Crippen LogP contribution in [-0.2, 0) is 11.0 Å². The van der Waals surface area contributed by atoms with Crippen LogP contribution in [0.3, 0.4) is 0 Å². The van der Waals surface area contributed by atoms with E-state index in [0.29, 0.717) is 6.07 Å². The van der Waals surface area contributed by atoms with Gasteiger partial charge >= 0.3 is 12.2 Å². The van der Waals surface area contributed by atoms with E-state index in [1.165, 1.54) is 11.0 Å². The normalized spacial score (nSPS) is 28.5. The van der Waals surface area contributed by atoms with Gasteiger partial charge in [0.15, 0.2) is 5.69 Å². The lowest BCUT2D eigenvalue weighted by molar-refractivity contribution is -0.136. The smallest absolute Gasteiger partial charge is 0.309 e. The van der Waals surface area contributed by atoms with Gasteiger partial charge in [0, 0.05) is 6.04 Å². The maximum atomic E-state index is 13.1. The van der Waals surface area contributed by atoms with Crippen molar-refractivity contribution < 1.29 is 22.8 Å². The highest BCUT2D eigenvalue weighted by atomic mass is 19.4. The lowest BCUT2D eigenvalue weighted by Crippen LogP contribution is -2.40. The molecular formula is C16H12F3N3O2. The second kappa shape index (κ2) is 4.72. The van der Waals surface area contributed by atoms with Crippen LogP contribution in [-0.4, -0.2) is 28.9 Å². The van der Waals surface area contributed by atoms with Crippen molar-refractivity contribution in [1.82, 2.24) is 4.90 Å². The summed E-state index contributed by atoms with van der Waals surface area (Å²) in [6.07, 6.45) is -2.24. The fourth-order valence-electron chi connectivity index (χ4n) is 4.15. The van der Waals surface area contributed by atoms with E-state index in [9.17, 15) is 22.8 Å². The Kier molecular flexibility index (Phi) is 2.95. The first-order chi connectivity index (χ1) is 11.3. The van der Waals surface area contributed by atoms with Crippen LogP contribution >= 0.6 is 0 Å². The number of nitrogens with zero attached hydrogens (tertiary/aromatic N) is 3. The molecule has 3 fully saturated rings. The fraction of sp³-hybridized carbons (Fsp3) is 0.438. The van der Waals surface area contributed by atoms with Crippen molar-refractivity contribution >= 4 is 23.3 Å². The average molecular weight is 335 g/mol. The van der Waals surface area contributed by atoms with Crippen LogP contribution in [0.5, 0.6) is 0 Å². The quantitative estimate of drug-likeness (QED) is 0.582. The van der Waals surface area contributed by atoms with Crippen molar-refractivity contribution in [3.63, 3.8) is 0 Å². The Balaban J connectivity index is 1.76. The van der Waals surface area contributed by atoms with E-state index in [-0.39, 0.29) is 17.6 Å². The van der Waals surface area contributed by atoms with Crippen LogP contribution in [0.2, 0.25) is 0 Å². The summed E-state index contributed by atoms with van der Waals surface area (Å²) in [6, 6.07) is 1.84. The van der Waals surface area contributed by atoms with Crippen molar-refractivity contribution in [1.29, 1.82) is 0 Å². The third-order valence-corrected chi connectivity index (χ3v) is 5.13. The van der Waals surface area contributed by atoms with Gasteiger partial charge in [-0.25, -0.2) is 14.5 Å². The predicted octanol–water partition coefficient (Wildman–Crippen LogP) is 3.58. The molecule has 5 nitrogen and oxygen atoms in total. The summed E-state index contributed by atoms with van der Waals surface area (Å²) in [7, 11) is 0. The number of piperidine rings is 1. The fourth-order valence-corrected chi connectivity index (χ4v) is 4.15. The molecule has 3 amide bonds.